The molecule has 0 atom stereocenters. The van der Waals surface area contributed by atoms with E-state index in [1.54, 1.807) is 12.1 Å². The maximum atomic E-state index is 12.7. The van der Waals surface area contributed by atoms with Crippen molar-refractivity contribution < 1.29 is 18.0 Å². The Balaban J connectivity index is 1.56. The van der Waals surface area contributed by atoms with Gasteiger partial charge in [0, 0.05) is 11.3 Å². The second kappa shape index (κ2) is 8.22. The molecule has 0 unspecified atom stereocenters. The van der Waals surface area contributed by atoms with E-state index in [1.165, 1.54) is 12.1 Å². The molecule has 27 heavy (non-hydrogen) atoms. The van der Waals surface area contributed by atoms with Gasteiger partial charge in [0.05, 0.1) is 17.0 Å². The van der Waals surface area contributed by atoms with Gasteiger partial charge in [-0.05, 0) is 30.3 Å². The number of nitrogens with one attached hydrogen (secondary N) is 1. The summed E-state index contributed by atoms with van der Waals surface area (Å²) in [6.45, 7) is 0. The van der Waals surface area contributed by atoms with Crippen molar-refractivity contribution in [1.82, 2.24) is 10.2 Å². The second-order valence-electron chi connectivity index (χ2n) is 5.54. The molecule has 1 N–H and O–H groups in total. The molecule has 1 aromatic heterocycles. The van der Waals surface area contributed by atoms with Crippen LogP contribution in [0.25, 0.3) is 11.3 Å². The zero-order valence-corrected chi connectivity index (χ0v) is 14.7. The number of aromatic nitrogens is 2. The van der Waals surface area contributed by atoms with Crippen LogP contribution in [0.15, 0.2) is 71.8 Å². The summed E-state index contributed by atoms with van der Waals surface area (Å²) in [5, 5.41) is 11.2. The summed E-state index contributed by atoms with van der Waals surface area (Å²) in [6.07, 6.45) is -4.45. The standard InChI is InChI=1S/C19H14F3N3OS/c20-19(21,22)14-7-4-8-15(11-14)23-17(26)12-27-18-10-9-16(24-25-18)13-5-2-1-3-6-13/h1-11H,12H2,(H,23,26). The van der Waals surface area contributed by atoms with Gasteiger partial charge >= 0.3 is 6.18 Å². The number of halogens is 3. The molecule has 2 aromatic carbocycles. The molecule has 1 heterocycles. The monoisotopic (exact) mass is 389 g/mol. The van der Waals surface area contributed by atoms with Crippen LogP contribution in [0.4, 0.5) is 18.9 Å². The van der Waals surface area contributed by atoms with E-state index in [2.05, 4.69) is 15.5 Å². The van der Waals surface area contributed by atoms with E-state index in [9.17, 15) is 18.0 Å². The Bertz CT molecular complexity index is 915. The van der Waals surface area contributed by atoms with Crippen LogP contribution >= 0.6 is 11.8 Å². The van der Waals surface area contributed by atoms with E-state index in [4.69, 9.17) is 0 Å². The third kappa shape index (κ3) is 5.30. The third-order valence-electron chi connectivity index (χ3n) is 3.53. The Kier molecular flexibility index (Phi) is 5.75. The number of alkyl halides is 3. The molecule has 3 rings (SSSR count). The summed E-state index contributed by atoms with van der Waals surface area (Å²) < 4.78 is 38.1. The van der Waals surface area contributed by atoms with Gasteiger partial charge in [-0.2, -0.15) is 13.2 Å². The number of carbonyl (C=O) groups is 1. The Labute approximate surface area is 157 Å². The van der Waals surface area contributed by atoms with Gasteiger partial charge < -0.3 is 5.32 Å². The highest BCUT2D eigenvalue weighted by atomic mass is 32.2. The van der Waals surface area contributed by atoms with Crippen LogP contribution in [-0.2, 0) is 11.0 Å². The summed E-state index contributed by atoms with van der Waals surface area (Å²) in [5.74, 6) is -0.413. The number of thioether (sulfide) groups is 1. The van der Waals surface area contributed by atoms with E-state index >= 15 is 0 Å². The summed E-state index contributed by atoms with van der Waals surface area (Å²) in [6, 6.07) is 17.6. The third-order valence-corrected chi connectivity index (χ3v) is 4.45. The van der Waals surface area contributed by atoms with Crippen molar-refractivity contribution in [1.29, 1.82) is 0 Å². The molecular formula is C19H14F3N3OS. The molecule has 0 fully saturated rings. The maximum absolute atomic E-state index is 12.7. The zero-order valence-electron chi connectivity index (χ0n) is 13.9. The van der Waals surface area contributed by atoms with Crippen molar-refractivity contribution >= 4 is 23.4 Å². The molecule has 0 saturated carbocycles. The Morgan fingerprint density at radius 2 is 1.74 bits per heavy atom. The van der Waals surface area contributed by atoms with Crippen molar-refractivity contribution in [2.24, 2.45) is 0 Å². The zero-order chi connectivity index (χ0) is 19.3. The van der Waals surface area contributed by atoms with Gasteiger partial charge in [0.25, 0.3) is 0 Å². The lowest BCUT2D eigenvalue weighted by Gasteiger charge is -2.09. The molecule has 0 aliphatic carbocycles. The fraction of sp³-hybridized carbons (Fsp3) is 0.105. The normalized spacial score (nSPS) is 11.2. The van der Waals surface area contributed by atoms with Crippen LogP contribution in [0.1, 0.15) is 5.56 Å². The molecule has 8 heteroatoms. The van der Waals surface area contributed by atoms with Crippen molar-refractivity contribution in [2.75, 3.05) is 11.1 Å². The van der Waals surface area contributed by atoms with Crippen molar-refractivity contribution in [3.8, 4) is 11.3 Å². The van der Waals surface area contributed by atoms with E-state index in [0.717, 1.165) is 29.5 Å². The molecule has 0 aliphatic heterocycles. The van der Waals surface area contributed by atoms with Gasteiger partial charge in [0.2, 0.25) is 5.91 Å². The van der Waals surface area contributed by atoms with Crippen LogP contribution < -0.4 is 5.32 Å². The number of nitrogens with zero attached hydrogens (tertiary/aromatic N) is 2. The molecule has 0 bridgehead atoms. The molecule has 1 amide bonds. The molecular weight excluding hydrogens is 375 g/mol. The first kappa shape index (κ1) is 18.9. The highest BCUT2D eigenvalue weighted by Gasteiger charge is 2.30. The highest BCUT2D eigenvalue weighted by Crippen LogP contribution is 2.30. The fourth-order valence-corrected chi connectivity index (χ4v) is 2.88. The van der Waals surface area contributed by atoms with Crippen molar-refractivity contribution in [2.45, 2.75) is 11.2 Å². The van der Waals surface area contributed by atoms with Gasteiger partial charge in [-0.3, -0.25) is 4.79 Å². The van der Waals surface area contributed by atoms with Gasteiger partial charge in [-0.25, -0.2) is 0 Å². The first-order valence-electron chi connectivity index (χ1n) is 7.91. The van der Waals surface area contributed by atoms with Gasteiger partial charge in [0.15, 0.2) is 0 Å². The molecule has 0 spiro atoms. The number of rotatable bonds is 5. The Morgan fingerprint density at radius 1 is 0.963 bits per heavy atom. The summed E-state index contributed by atoms with van der Waals surface area (Å²) in [5.41, 5.74) is 0.938. The minimum Gasteiger partial charge on any atom is -0.325 e. The number of anilines is 1. The molecule has 0 saturated heterocycles. The van der Waals surface area contributed by atoms with Crippen LogP contribution in [-0.4, -0.2) is 21.9 Å². The Hall–Kier alpha value is -2.87. The van der Waals surface area contributed by atoms with Crippen LogP contribution in [0.5, 0.6) is 0 Å². The average molecular weight is 389 g/mol. The van der Waals surface area contributed by atoms with E-state index in [-0.39, 0.29) is 11.4 Å². The maximum Gasteiger partial charge on any atom is 0.416 e. The fourth-order valence-electron chi connectivity index (χ4n) is 2.27. The highest BCUT2D eigenvalue weighted by molar-refractivity contribution is 7.99. The lowest BCUT2D eigenvalue weighted by molar-refractivity contribution is -0.137. The molecule has 4 nitrogen and oxygen atoms in total. The van der Waals surface area contributed by atoms with E-state index in [1.807, 2.05) is 30.3 Å². The van der Waals surface area contributed by atoms with Gasteiger partial charge in [0.1, 0.15) is 5.03 Å². The molecule has 0 radical (unpaired) electrons. The first-order chi connectivity index (χ1) is 12.9. The largest absolute Gasteiger partial charge is 0.416 e. The van der Waals surface area contributed by atoms with Crippen molar-refractivity contribution in [3.63, 3.8) is 0 Å². The summed E-state index contributed by atoms with van der Waals surface area (Å²) in [4.78, 5) is 12.0. The number of amides is 1. The molecule has 138 valence electrons. The molecule has 0 aliphatic rings. The molecule has 3 aromatic rings. The van der Waals surface area contributed by atoms with E-state index < -0.39 is 17.6 Å². The number of benzene rings is 2. The predicted octanol–water partition coefficient (Wildman–Crippen LogP) is 4.89. The lowest BCUT2D eigenvalue weighted by Crippen LogP contribution is -2.15. The van der Waals surface area contributed by atoms with Crippen LogP contribution in [0, 0.1) is 0 Å². The SMILES string of the molecule is O=C(CSc1ccc(-c2ccccc2)nn1)Nc1cccc(C(F)(F)F)c1. The summed E-state index contributed by atoms with van der Waals surface area (Å²) >= 11 is 1.15. The number of hydrogen-bond acceptors (Lipinski definition) is 4. The van der Waals surface area contributed by atoms with Crippen LogP contribution in [0.3, 0.4) is 0 Å². The summed E-state index contributed by atoms with van der Waals surface area (Å²) in [7, 11) is 0. The first-order valence-corrected chi connectivity index (χ1v) is 8.89. The number of hydrogen-bond donors (Lipinski definition) is 1. The van der Waals surface area contributed by atoms with Crippen molar-refractivity contribution in [3.05, 3.63) is 72.3 Å². The quantitative estimate of drug-likeness (QED) is 0.631. The van der Waals surface area contributed by atoms with Gasteiger partial charge in [-0.15, -0.1) is 10.2 Å². The Morgan fingerprint density at radius 3 is 2.41 bits per heavy atom. The van der Waals surface area contributed by atoms with E-state index in [0.29, 0.717) is 10.7 Å². The smallest absolute Gasteiger partial charge is 0.325 e. The minimum absolute atomic E-state index is 0.00953. The second-order valence-corrected chi connectivity index (χ2v) is 6.53. The number of carbonyl (C=O) groups excluding carboxylic acids is 1. The van der Waals surface area contributed by atoms with Gasteiger partial charge in [-0.1, -0.05) is 48.2 Å². The topological polar surface area (TPSA) is 54.9 Å². The minimum atomic E-state index is -4.45. The lowest BCUT2D eigenvalue weighted by atomic mass is 10.1. The predicted molar refractivity (Wildman–Crippen MR) is 98.3 cm³/mol. The van der Waals surface area contributed by atoms with Crippen LogP contribution in [0.2, 0.25) is 0 Å². The average Bonchev–Trinajstić information content (AvgIpc) is 2.67.